The number of guanidine groups is 1. The van der Waals surface area contributed by atoms with Crippen LogP contribution in [0.15, 0.2) is 17.4 Å². The number of aromatic nitrogens is 2. The van der Waals surface area contributed by atoms with Crippen LogP contribution in [0.3, 0.4) is 0 Å². The Morgan fingerprint density at radius 3 is 2.70 bits per heavy atom. The zero-order valence-corrected chi connectivity index (χ0v) is 17.3. The van der Waals surface area contributed by atoms with Gasteiger partial charge < -0.3 is 15.5 Å². The van der Waals surface area contributed by atoms with Crippen LogP contribution < -0.4 is 10.6 Å². The third kappa shape index (κ3) is 6.29. The number of nitrogens with zero attached hydrogens (tertiary/aromatic N) is 4. The van der Waals surface area contributed by atoms with Crippen molar-refractivity contribution in [3.8, 4) is 0 Å². The van der Waals surface area contributed by atoms with E-state index in [1.807, 2.05) is 25.0 Å². The van der Waals surface area contributed by atoms with Crippen molar-refractivity contribution in [1.82, 2.24) is 25.3 Å². The molecule has 1 saturated heterocycles. The highest BCUT2D eigenvalue weighted by Gasteiger charge is 2.26. The standard InChI is InChI=1S/C16H30N6.HI/c1-16(2,3)19-8-7-18-15(17-4)22-9-6-13(12-22)14-10-20-21(5)11-14;/h10-11,13,19H,6-9,12H2,1-5H3,(H,17,18);1H. The third-order valence-corrected chi connectivity index (χ3v) is 3.96. The maximum atomic E-state index is 4.42. The first-order valence-electron chi connectivity index (χ1n) is 8.08. The van der Waals surface area contributed by atoms with Crippen molar-refractivity contribution in [3.05, 3.63) is 18.0 Å². The van der Waals surface area contributed by atoms with E-state index in [1.54, 1.807) is 0 Å². The van der Waals surface area contributed by atoms with Gasteiger partial charge in [0.25, 0.3) is 0 Å². The van der Waals surface area contributed by atoms with Crippen LogP contribution in [0.5, 0.6) is 0 Å². The molecular weight excluding hydrogens is 403 g/mol. The van der Waals surface area contributed by atoms with Crippen LogP contribution in [0, 0.1) is 0 Å². The number of halogens is 1. The molecule has 1 aromatic heterocycles. The van der Waals surface area contributed by atoms with Gasteiger partial charge >= 0.3 is 0 Å². The largest absolute Gasteiger partial charge is 0.355 e. The summed E-state index contributed by atoms with van der Waals surface area (Å²) in [5.74, 6) is 1.56. The predicted octanol–water partition coefficient (Wildman–Crippen LogP) is 1.79. The van der Waals surface area contributed by atoms with E-state index in [4.69, 9.17) is 0 Å². The van der Waals surface area contributed by atoms with Gasteiger partial charge in [-0.25, -0.2) is 0 Å². The summed E-state index contributed by atoms with van der Waals surface area (Å²) in [4.78, 5) is 6.76. The number of likely N-dealkylation sites (tertiary alicyclic amines) is 1. The molecule has 0 amide bonds. The second-order valence-corrected chi connectivity index (χ2v) is 7.03. The lowest BCUT2D eigenvalue weighted by molar-refractivity contribution is 0.423. The van der Waals surface area contributed by atoms with Gasteiger partial charge in [-0.1, -0.05) is 0 Å². The van der Waals surface area contributed by atoms with Crippen LogP contribution in [-0.2, 0) is 7.05 Å². The maximum absolute atomic E-state index is 4.42. The van der Waals surface area contributed by atoms with Gasteiger partial charge in [-0.2, -0.15) is 5.10 Å². The molecule has 0 radical (unpaired) electrons. The fourth-order valence-corrected chi connectivity index (χ4v) is 2.82. The molecule has 6 nitrogen and oxygen atoms in total. The number of aryl methyl sites for hydroxylation is 1. The summed E-state index contributed by atoms with van der Waals surface area (Å²) in [5, 5.41) is 11.2. The number of hydrogen-bond acceptors (Lipinski definition) is 3. The summed E-state index contributed by atoms with van der Waals surface area (Å²) in [7, 11) is 3.83. The van der Waals surface area contributed by atoms with Crippen molar-refractivity contribution in [2.75, 3.05) is 33.2 Å². The van der Waals surface area contributed by atoms with E-state index in [0.717, 1.165) is 38.6 Å². The lowest BCUT2D eigenvalue weighted by Gasteiger charge is -2.24. The van der Waals surface area contributed by atoms with Gasteiger partial charge in [0, 0.05) is 57.9 Å². The number of nitrogens with one attached hydrogen (secondary N) is 2. The van der Waals surface area contributed by atoms with Crippen LogP contribution in [-0.4, -0.2) is 59.4 Å². The van der Waals surface area contributed by atoms with E-state index in [-0.39, 0.29) is 29.5 Å². The Morgan fingerprint density at radius 2 is 2.13 bits per heavy atom. The lowest BCUT2D eigenvalue weighted by atomic mass is 10.0. The first-order valence-corrected chi connectivity index (χ1v) is 8.08. The van der Waals surface area contributed by atoms with Crippen molar-refractivity contribution in [3.63, 3.8) is 0 Å². The Labute approximate surface area is 157 Å². The highest BCUT2D eigenvalue weighted by molar-refractivity contribution is 14.0. The highest BCUT2D eigenvalue weighted by atomic mass is 127. The smallest absolute Gasteiger partial charge is 0.193 e. The lowest BCUT2D eigenvalue weighted by Crippen LogP contribution is -2.45. The van der Waals surface area contributed by atoms with Crippen LogP contribution in [0.4, 0.5) is 0 Å². The Hall–Kier alpha value is -0.830. The van der Waals surface area contributed by atoms with Gasteiger partial charge in [-0.15, -0.1) is 24.0 Å². The average Bonchev–Trinajstić information content (AvgIpc) is 3.06. The molecule has 0 aliphatic carbocycles. The van der Waals surface area contributed by atoms with E-state index in [0.29, 0.717) is 5.92 Å². The third-order valence-electron chi connectivity index (χ3n) is 3.96. The molecule has 1 aliphatic heterocycles. The molecule has 0 bridgehead atoms. The van der Waals surface area contributed by atoms with Gasteiger partial charge in [0.15, 0.2) is 5.96 Å². The fraction of sp³-hybridized carbons (Fsp3) is 0.750. The molecule has 1 unspecified atom stereocenters. The molecule has 7 heteroatoms. The molecule has 0 saturated carbocycles. The topological polar surface area (TPSA) is 57.5 Å². The molecule has 1 aliphatic rings. The van der Waals surface area contributed by atoms with Gasteiger partial charge in [-0.05, 0) is 32.8 Å². The summed E-state index contributed by atoms with van der Waals surface area (Å²) < 4.78 is 1.88. The molecular formula is C16H31IN6. The first-order chi connectivity index (χ1) is 10.4. The van der Waals surface area contributed by atoms with E-state index in [2.05, 4.69) is 52.6 Å². The molecule has 1 fully saturated rings. The minimum Gasteiger partial charge on any atom is -0.355 e. The van der Waals surface area contributed by atoms with Crippen LogP contribution in [0.25, 0.3) is 0 Å². The molecule has 1 aromatic rings. The van der Waals surface area contributed by atoms with Crippen molar-refractivity contribution >= 4 is 29.9 Å². The molecule has 2 heterocycles. The highest BCUT2D eigenvalue weighted by Crippen LogP contribution is 2.26. The summed E-state index contributed by atoms with van der Waals surface area (Å²) >= 11 is 0. The molecule has 2 N–H and O–H groups in total. The SMILES string of the molecule is CN=C(NCCNC(C)(C)C)N1CCC(c2cnn(C)c2)C1.I. The van der Waals surface area contributed by atoms with Crippen LogP contribution in [0.1, 0.15) is 38.7 Å². The summed E-state index contributed by atoms with van der Waals surface area (Å²) in [5.41, 5.74) is 1.49. The minimum absolute atomic E-state index is 0. The second kappa shape index (κ2) is 8.86. The van der Waals surface area contributed by atoms with Crippen LogP contribution in [0.2, 0.25) is 0 Å². The Kier molecular flexibility index (Phi) is 7.79. The Bertz CT molecular complexity index is 505. The van der Waals surface area contributed by atoms with Gasteiger partial charge in [0.1, 0.15) is 0 Å². The number of hydrogen-bond donors (Lipinski definition) is 2. The molecule has 0 aromatic carbocycles. The number of rotatable bonds is 4. The van der Waals surface area contributed by atoms with Crippen molar-refractivity contribution in [1.29, 1.82) is 0 Å². The zero-order valence-electron chi connectivity index (χ0n) is 15.0. The summed E-state index contributed by atoms with van der Waals surface area (Å²) in [6.07, 6.45) is 5.27. The number of aliphatic imine (C=N–C) groups is 1. The second-order valence-electron chi connectivity index (χ2n) is 7.03. The van der Waals surface area contributed by atoms with Crippen molar-refractivity contribution in [2.45, 2.75) is 38.6 Å². The van der Waals surface area contributed by atoms with E-state index >= 15 is 0 Å². The van der Waals surface area contributed by atoms with Crippen molar-refractivity contribution in [2.24, 2.45) is 12.0 Å². The molecule has 0 spiro atoms. The van der Waals surface area contributed by atoms with E-state index in [1.165, 1.54) is 5.56 Å². The van der Waals surface area contributed by atoms with Gasteiger partial charge in [0.05, 0.1) is 6.20 Å². The van der Waals surface area contributed by atoms with E-state index < -0.39 is 0 Å². The summed E-state index contributed by atoms with van der Waals surface area (Å²) in [6.45, 7) is 10.4. The Morgan fingerprint density at radius 1 is 1.39 bits per heavy atom. The first kappa shape index (κ1) is 20.2. The van der Waals surface area contributed by atoms with E-state index in [9.17, 15) is 0 Å². The zero-order chi connectivity index (χ0) is 16.2. The molecule has 132 valence electrons. The monoisotopic (exact) mass is 434 g/mol. The quantitative estimate of drug-likeness (QED) is 0.329. The normalized spacial score (nSPS) is 18.9. The summed E-state index contributed by atoms with van der Waals surface area (Å²) in [6, 6.07) is 0. The molecule has 23 heavy (non-hydrogen) atoms. The van der Waals surface area contributed by atoms with Crippen molar-refractivity contribution < 1.29 is 0 Å². The maximum Gasteiger partial charge on any atom is 0.193 e. The van der Waals surface area contributed by atoms with Crippen LogP contribution >= 0.6 is 24.0 Å². The molecule has 2 rings (SSSR count). The fourth-order valence-electron chi connectivity index (χ4n) is 2.82. The van der Waals surface area contributed by atoms with Gasteiger partial charge in [-0.3, -0.25) is 9.67 Å². The Balaban J connectivity index is 0.00000264. The van der Waals surface area contributed by atoms with Gasteiger partial charge in [0.2, 0.25) is 0 Å². The molecule has 1 atom stereocenters. The average molecular weight is 434 g/mol. The minimum atomic E-state index is 0. The predicted molar refractivity (Wildman–Crippen MR) is 107 cm³/mol.